The second-order valence-corrected chi connectivity index (χ2v) is 11.2. The second-order valence-electron chi connectivity index (χ2n) is 9.21. The molecule has 9 heteroatoms. The highest BCUT2D eigenvalue weighted by Gasteiger charge is 2.43. The molecule has 0 aliphatic rings. The number of non-ortho nitro benzene ring substituents is 1. The van der Waals surface area contributed by atoms with E-state index >= 15 is 0 Å². The fourth-order valence-electron chi connectivity index (χ4n) is 4.77. The van der Waals surface area contributed by atoms with Crippen LogP contribution in [-0.2, 0) is 25.7 Å². The lowest BCUT2D eigenvalue weighted by atomic mass is 9.79. The van der Waals surface area contributed by atoms with Crippen LogP contribution in [0.15, 0.2) is 47.4 Å². The number of ether oxygens (including phenoxy) is 3. The molecular weight excluding hydrogens is 482 g/mol. The summed E-state index contributed by atoms with van der Waals surface area (Å²) in [6.07, 6.45) is 4.31. The fraction of sp³-hybridized carbons (Fsp3) is 0.556. The minimum absolute atomic E-state index is 0.104. The van der Waals surface area contributed by atoms with E-state index in [0.717, 1.165) is 31.2 Å². The Morgan fingerprint density at radius 2 is 1.53 bits per heavy atom. The lowest BCUT2D eigenvalue weighted by molar-refractivity contribution is -0.385. The molecule has 200 valence electrons. The van der Waals surface area contributed by atoms with Crippen LogP contribution in [0.2, 0.25) is 0 Å². The number of nitrogens with zero attached hydrogens (tertiary/aromatic N) is 1. The summed E-state index contributed by atoms with van der Waals surface area (Å²) in [5, 5.41) is 11.5. The molecule has 0 fully saturated rings. The zero-order chi connectivity index (χ0) is 26.8. The monoisotopic (exact) mass is 521 g/mol. The van der Waals surface area contributed by atoms with Gasteiger partial charge in [-0.05, 0) is 48.6 Å². The minimum Gasteiger partial charge on any atom is -0.497 e. The molecule has 0 N–H and O–H groups in total. The zero-order valence-electron chi connectivity index (χ0n) is 22.0. The molecule has 8 nitrogen and oxygen atoms in total. The summed E-state index contributed by atoms with van der Waals surface area (Å²) in [4.78, 5) is 11.1. The SMILES string of the molecule is CCCCC(CCCC)(CS(=O)(=O)c1ccc([N+](=O)[O-])cc1Cc1ccc(OC)cc1)C(OC)OC. The Morgan fingerprint density at radius 1 is 0.944 bits per heavy atom. The van der Waals surface area contributed by atoms with E-state index < -0.39 is 26.5 Å². The summed E-state index contributed by atoms with van der Waals surface area (Å²) in [5.41, 5.74) is 0.323. The molecule has 0 saturated carbocycles. The van der Waals surface area contributed by atoms with E-state index in [1.54, 1.807) is 19.2 Å². The normalized spacial score (nSPS) is 12.2. The molecule has 0 unspecified atom stereocenters. The molecule has 0 atom stereocenters. The third kappa shape index (κ3) is 7.51. The highest BCUT2D eigenvalue weighted by Crippen LogP contribution is 2.40. The van der Waals surface area contributed by atoms with Crippen LogP contribution < -0.4 is 4.74 Å². The van der Waals surface area contributed by atoms with Crippen molar-refractivity contribution >= 4 is 15.5 Å². The minimum atomic E-state index is -3.86. The first-order chi connectivity index (χ1) is 17.2. The van der Waals surface area contributed by atoms with Gasteiger partial charge < -0.3 is 14.2 Å². The summed E-state index contributed by atoms with van der Waals surface area (Å²) >= 11 is 0. The van der Waals surface area contributed by atoms with Crippen LogP contribution in [0.1, 0.15) is 63.5 Å². The number of benzene rings is 2. The van der Waals surface area contributed by atoms with E-state index in [9.17, 15) is 18.5 Å². The van der Waals surface area contributed by atoms with Crippen molar-refractivity contribution in [2.45, 2.75) is 70.0 Å². The average Bonchev–Trinajstić information content (AvgIpc) is 2.86. The molecule has 0 saturated heterocycles. The molecule has 0 heterocycles. The lowest BCUT2D eigenvalue weighted by Crippen LogP contribution is -2.44. The molecule has 0 amide bonds. The van der Waals surface area contributed by atoms with E-state index in [4.69, 9.17) is 14.2 Å². The van der Waals surface area contributed by atoms with Crippen LogP contribution in [0.3, 0.4) is 0 Å². The zero-order valence-corrected chi connectivity index (χ0v) is 22.8. The van der Waals surface area contributed by atoms with Gasteiger partial charge in [0.15, 0.2) is 16.1 Å². The topological polar surface area (TPSA) is 105 Å². The molecule has 36 heavy (non-hydrogen) atoms. The van der Waals surface area contributed by atoms with Gasteiger partial charge in [0, 0.05) is 31.8 Å². The van der Waals surface area contributed by atoms with Gasteiger partial charge in [-0.2, -0.15) is 0 Å². The highest BCUT2D eigenvalue weighted by molar-refractivity contribution is 7.91. The summed E-state index contributed by atoms with van der Waals surface area (Å²) < 4.78 is 44.5. The van der Waals surface area contributed by atoms with Gasteiger partial charge in [0.2, 0.25) is 0 Å². The predicted octanol–water partition coefficient (Wildman–Crippen LogP) is 5.95. The van der Waals surface area contributed by atoms with E-state index in [1.165, 1.54) is 32.4 Å². The van der Waals surface area contributed by atoms with E-state index in [-0.39, 0.29) is 22.8 Å². The smallest absolute Gasteiger partial charge is 0.269 e. The van der Waals surface area contributed by atoms with Crippen molar-refractivity contribution in [2.24, 2.45) is 5.41 Å². The number of methoxy groups -OCH3 is 3. The third-order valence-corrected chi connectivity index (χ3v) is 8.63. The number of unbranched alkanes of at least 4 members (excludes halogenated alkanes) is 2. The van der Waals surface area contributed by atoms with Crippen LogP contribution in [0.4, 0.5) is 5.69 Å². The number of hydrogen-bond donors (Lipinski definition) is 0. The van der Waals surface area contributed by atoms with Gasteiger partial charge >= 0.3 is 0 Å². The van der Waals surface area contributed by atoms with Crippen LogP contribution in [-0.4, -0.2) is 46.7 Å². The molecule has 2 aromatic rings. The van der Waals surface area contributed by atoms with Crippen LogP contribution in [0.25, 0.3) is 0 Å². The molecule has 0 aliphatic heterocycles. The average molecular weight is 522 g/mol. The van der Waals surface area contributed by atoms with Gasteiger partial charge in [-0.1, -0.05) is 51.7 Å². The number of rotatable bonds is 16. The van der Waals surface area contributed by atoms with Crippen molar-refractivity contribution in [3.63, 3.8) is 0 Å². The van der Waals surface area contributed by atoms with Crippen molar-refractivity contribution in [1.82, 2.24) is 0 Å². The molecule has 0 aliphatic carbocycles. The highest BCUT2D eigenvalue weighted by atomic mass is 32.2. The maximum atomic E-state index is 14.0. The van der Waals surface area contributed by atoms with Gasteiger partial charge in [-0.25, -0.2) is 8.42 Å². The quantitative estimate of drug-likeness (QED) is 0.153. The summed E-state index contributed by atoms with van der Waals surface area (Å²) in [5.74, 6) is 0.507. The van der Waals surface area contributed by atoms with Gasteiger partial charge in [0.05, 0.1) is 22.7 Å². The lowest BCUT2D eigenvalue weighted by Gasteiger charge is -2.39. The molecule has 2 rings (SSSR count). The summed E-state index contributed by atoms with van der Waals surface area (Å²) in [6.45, 7) is 4.13. The number of nitro groups is 1. The predicted molar refractivity (Wildman–Crippen MR) is 140 cm³/mol. The largest absolute Gasteiger partial charge is 0.497 e. The van der Waals surface area contributed by atoms with Gasteiger partial charge in [-0.15, -0.1) is 0 Å². The number of sulfone groups is 1. The van der Waals surface area contributed by atoms with E-state index in [0.29, 0.717) is 24.2 Å². The Hall–Kier alpha value is -2.49. The standard InChI is InChI=1S/C27H39NO7S/c1-6-8-16-27(17-9-7-2,26(34-4)35-5)20-36(31,32)25-15-12-23(28(29)30)19-22(25)18-21-10-13-24(33-3)14-11-21/h10-15,19,26H,6-9,16-18,20H2,1-5H3. The van der Waals surface area contributed by atoms with Crippen molar-refractivity contribution in [3.05, 3.63) is 63.7 Å². The maximum absolute atomic E-state index is 14.0. The second kappa shape index (κ2) is 13.7. The first-order valence-electron chi connectivity index (χ1n) is 12.3. The Kier molecular flexibility index (Phi) is 11.3. The maximum Gasteiger partial charge on any atom is 0.269 e. The van der Waals surface area contributed by atoms with Gasteiger partial charge in [-0.3, -0.25) is 10.1 Å². The summed E-state index contributed by atoms with van der Waals surface area (Å²) in [6, 6.07) is 11.2. The Bertz CT molecular complexity index is 1070. The molecule has 0 spiro atoms. The van der Waals surface area contributed by atoms with Crippen LogP contribution in [0, 0.1) is 15.5 Å². The van der Waals surface area contributed by atoms with Crippen molar-refractivity contribution in [3.8, 4) is 5.75 Å². The molecule has 0 aromatic heterocycles. The first-order valence-corrected chi connectivity index (χ1v) is 14.0. The van der Waals surface area contributed by atoms with E-state index in [1.807, 2.05) is 12.1 Å². The molecular formula is C27H39NO7S. The number of nitro benzene ring substituents is 1. The number of hydrogen-bond acceptors (Lipinski definition) is 7. The van der Waals surface area contributed by atoms with Crippen LogP contribution in [0.5, 0.6) is 5.75 Å². The molecule has 0 radical (unpaired) electrons. The fourth-order valence-corrected chi connectivity index (χ4v) is 6.91. The van der Waals surface area contributed by atoms with Gasteiger partial charge in [0.25, 0.3) is 5.69 Å². The Balaban J connectivity index is 2.58. The first kappa shape index (κ1) is 29.7. The third-order valence-electron chi connectivity index (χ3n) is 6.61. The Morgan fingerprint density at radius 3 is 2.00 bits per heavy atom. The Labute approximate surface area is 215 Å². The van der Waals surface area contributed by atoms with Gasteiger partial charge in [0.1, 0.15) is 5.75 Å². The molecule has 0 bridgehead atoms. The van der Waals surface area contributed by atoms with Crippen molar-refractivity contribution in [2.75, 3.05) is 27.1 Å². The van der Waals surface area contributed by atoms with Crippen molar-refractivity contribution < 1.29 is 27.6 Å². The van der Waals surface area contributed by atoms with Crippen molar-refractivity contribution in [1.29, 1.82) is 0 Å². The van der Waals surface area contributed by atoms with E-state index in [2.05, 4.69) is 13.8 Å². The van der Waals surface area contributed by atoms with Crippen LogP contribution >= 0.6 is 0 Å². The molecule has 2 aromatic carbocycles. The summed E-state index contributed by atoms with van der Waals surface area (Å²) in [7, 11) is 0.781.